The van der Waals surface area contributed by atoms with Crippen LogP contribution in [0, 0.1) is 11.6 Å². The average molecular weight is 449 g/mol. The molecule has 3 rings (SSSR count). The maximum Gasteiger partial charge on any atom is 0.411 e. The summed E-state index contributed by atoms with van der Waals surface area (Å²) in [7, 11) is 0. The lowest BCUT2D eigenvalue weighted by Gasteiger charge is -2.14. The van der Waals surface area contributed by atoms with Crippen molar-refractivity contribution in [3.8, 4) is 0 Å². The molecule has 0 spiro atoms. The maximum atomic E-state index is 13.1. The number of halogens is 3. The first-order valence-electron chi connectivity index (χ1n) is 9.45. The molecule has 1 heterocycles. The summed E-state index contributed by atoms with van der Waals surface area (Å²) in [5.74, 6) is 0.388. The zero-order chi connectivity index (χ0) is 21.3. The van der Waals surface area contributed by atoms with Crippen LogP contribution in [0.25, 0.3) is 0 Å². The Kier molecular flexibility index (Phi) is 9.02. The Morgan fingerprint density at radius 2 is 1.42 bits per heavy atom. The van der Waals surface area contributed by atoms with Gasteiger partial charge in [-0.05, 0) is 54.4 Å². The van der Waals surface area contributed by atoms with Crippen molar-refractivity contribution in [2.45, 2.75) is 20.0 Å². The molecule has 0 aliphatic heterocycles. The van der Waals surface area contributed by atoms with Crippen LogP contribution in [-0.2, 0) is 17.8 Å². The van der Waals surface area contributed by atoms with E-state index in [0.29, 0.717) is 30.4 Å². The number of amides is 1. The molecule has 0 unspecified atom stereocenters. The van der Waals surface area contributed by atoms with Crippen LogP contribution in [0.4, 0.5) is 30.9 Å². The van der Waals surface area contributed by atoms with Gasteiger partial charge in [0.1, 0.15) is 17.5 Å². The molecule has 3 aromatic rings. The molecule has 0 saturated heterocycles. The number of nitrogens with one attached hydrogen (secondary N) is 3. The first-order chi connectivity index (χ1) is 14.5. The van der Waals surface area contributed by atoms with Crippen LogP contribution in [0.3, 0.4) is 0 Å². The second-order valence-electron chi connectivity index (χ2n) is 6.40. The standard InChI is InChI=1S/C22H22F2N4O2.ClH/c1-2-30-22(29)27-19-11-12-20(25-13-15-3-7-17(23)8-4-15)28-21(19)26-14-16-5-9-18(24)10-6-16;/h3-12H,2,13-14H2,1H3,(H,27,29)(H2,25,26,28);1H. The smallest absolute Gasteiger partial charge is 0.411 e. The number of hydrogen-bond acceptors (Lipinski definition) is 5. The molecule has 31 heavy (non-hydrogen) atoms. The van der Waals surface area contributed by atoms with Crippen molar-refractivity contribution in [1.82, 2.24) is 4.98 Å². The highest BCUT2D eigenvalue weighted by atomic mass is 35.5. The van der Waals surface area contributed by atoms with Crippen molar-refractivity contribution in [2.75, 3.05) is 22.6 Å². The monoisotopic (exact) mass is 448 g/mol. The van der Waals surface area contributed by atoms with Crippen molar-refractivity contribution < 1.29 is 18.3 Å². The predicted octanol–water partition coefficient (Wildman–Crippen LogP) is 5.57. The Balaban J connectivity index is 0.00000341. The predicted molar refractivity (Wildman–Crippen MR) is 120 cm³/mol. The fraction of sp³-hybridized carbons (Fsp3) is 0.182. The molecule has 1 amide bonds. The van der Waals surface area contributed by atoms with Gasteiger partial charge in [0.2, 0.25) is 0 Å². The Morgan fingerprint density at radius 1 is 0.871 bits per heavy atom. The molecule has 164 valence electrons. The molecule has 6 nitrogen and oxygen atoms in total. The molecular weight excluding hydrogens is 426 g/mol. The van der Waals surface area contributed by atoms with Gasteiger partial charge in [-0.2, -0.15) is 0 Å². The summed E-state index contributed by atoms with van der Waals surface area (Å²) in [5, 5.41) is 8.96. The first-order valence-corrected chi connectivity index (χ1v) is 9.45. The van der Waals surface area contributed by atoms with Gasteiger partial charge in [0.05, 0.1) is 12.3 Å². The van der Waals surface area contributed by atoms with Crippen molar-refractivity contribution in [2.24, 2.45) is 0 Å². The van der Waals surface area contributed by atoms with Crippen LogP contribution < -0.4 is 16.0 Å². The summed E-state index contributed by atoms with van der Waals surface area (Å²) < 4.78 is 31.1. The molecule has 9 heteroatoms. The minimum absolute atomic E-state index is 0. The van der Waals surface area contributed by atoms with Crippen LogP contribution >= 0.6 is 12.4 Å². The molecule has 0 radical (unpaired) electrons. The molecule has 0 atom stereocenters. The summed E-state index contributed by atoms with van der Waals surface area (Å²) in [6, 6.07) is 15.7. The van der Waals surface area contributed by atoms with Crippen molar-refractivity contribution in [3.05, 3.63) is 83.4 Å². The van der Waals surface area contributed by atoms with Crippen LogP contribution in [0.15, 0.2) is 60.7 Å². The minimum Gasteiger partial charge on any atom is -0.450 e. The highest BCUT2D eigenvalue weighted by Gasteiger charge is 2.10. The van der Waals surface area contributed by atoms with Crippen molar-refractivity contribution in [3.63, 3.8) is 0 Å². The van der Waals surface area contributed by atoms with Gasteiger partial charge >= 0.3 is 6.09 Å². The molecule has 2 aromatic carbocycles. The Labute approximate surface area is 185 Å². The van der Waals surface area contributed by atoms with Gasteiger partial charge in [0.15, 0.2) is 5.82 Å². The number of ether oxygens (including phenoxy) is 1. The third-order valence-corrected chi connectivity index (χ3v) is 4.17. The summed E-state index contributed by atoms with van der Waals surface area (Å²) in [5.41, 5.74) is 2.19. The number of benzene rings is 2. The van der Waals surface area contributed by atoms with Crippen LogP contribution in [0.5, 0.6) is 0 Å². The number of nitrogens with zero attached hydrogens (tertiary/aromatic N) is 1. The number of carbonyl (C=O) groups is 1. The first kappa shape index (κ1) is 23.9. The third-order valence-electron chi connectivity index (χ3n) is 4.17. The third kappa shape index (κ3) is 7.42. The fourth-order valence-electron chi connectivity index (χ4n) is 2.65. The van der Waals surface area contributed by atoms with Gasteiger partial charge in [-0.1, -0.05) is 24.3 Å². The number of anilines is 3. The minimum atomic E-state index is -0.587. The molecule has 0 aliphatic rings. The van der Waals surface area contributed by atoms with E-state index < -0.39 is 6.09 Å². The van der Waals surface area contributed by atoms with Gasteiger partial charge in [0, 0.05) is 13.1 Å². The number of rotatable bonds is 8. The van der Waals surface area contributed by atoms with Gasteiger partial charge in [0.25, 0.3) is 0 Å². The number of carbonyl (C=O) groups excluding carboxylic acids is 1. The van der Waals surface area contributed by atoms with Gasteiger partial charge in [-0.15, -0.1) is 12.4 Å². The lowest BCUT2D eigenvalue weighted by Crippen LogP contribution is -2.16. The van der Waals surface area contributed by atoms with E-state index in [1.54, 1.807) is 43.3 Å². The van der Waals surface area contributed by atoms with E-state index in [0.717, 1.165) is 11.1 Å². The quantitative estimate of drug-likeness (QED) is 0.420. The van der Waals surface area contributed by atoms with Gasteiger partial charge in [-0.25, -0.2) is 18.6 Å². The molecular formula is C22H23ClF2N4O2. The topological polar surface area (TPSA) is 75.3 Å². The number of pyridine rings is 1. The van der Waals surface area contributed by atoms with E-state index in [9.17, 15) is 13.6 Å². The summed E-state index contributed by atoms with van der Waals surface area (Å²) >= 11 is 0. The molecule has 0 fully saturated rings. The van der Waals surface area contributed by atoms with Crippen molar-refractivity contribution in [1.29, 1.82) is 0 Å². The molecule has 0 bridgehead atoms. The zero-order valence-electron chi connectivity index (χ0n) is 16.8. The van der Waals surface area contributed by atoms with E-state index >= 15 is 0 Å². The highest BCUT2D eigenvalue weighted by molar-refractivity contribution is 5.88. The van der Waals surface area contributed by atoms with E-state index in [1.807, 2.05) is 0 Å². The van der Waals surface area contributed by atoms with E-state index in [-0.39, 0.29) is 30.6 Å². The number of hydrogen-bond donors (Lipinski definition) is 3. The maximum absolute atomic E-state index is 13.1. The summed E-state index contributed by atoms with van der Waals surface area (Å²) in [4.78, 5) is 16.3. The Hall–Kier alpha value is -3.39. The lowest BCUT2D eigenvalue weighted by atomic mass is 10.2. The number of aromatic nitrogens is 1. The van der Waals surface area contributed by atoms with Gasteiger partial charge < -0.3 is 15.4 Å². The van der Waals surface area contributed by atoms with Gasteiger partial charge in [-0.3, -0.25) is 5.32 Å². The Morgan fingerprint density at radius 3 is 1.97 bits per heavy atom. The largest absolute Gasteiger partial charge is 0.450 e. The molecule has 0 aliphatic carbocycles. The molecule has 1 aromatic heterocycles. The second kappa shape index (κ2) is 11.7. The van der Waals surface area contributed by atoms with E-state index in [2.05, 4.69) is 20.9 Å². The normalized spacial score (nSPS) is 10.0. The van der Waals surface area contributed by atoms with Crippen LogP contribution in [0.1, 0.15) is 18.1 Å². The lowest BCUT2D eigenvalue weighted by molar-refractivity contribution is 0.168. The SMILES string of the molecule is CCOC(=O)Nc1ccc(NCc2ccc(F)cc2)nc1NCc1ccc(F)cc1.Cl. The molecule has 3 N–H and O–H groups in total. The Bertz CT molecular complexity index is 986. The zero-order valence-corrected chi connectivity index (χ0v) is 17.6. The highest BCUT2D eigenvalue weighted by Crippen LogP contribution is 2.23. The summed E-state index contributed by atoms with van der Waals surface area (Å²) in [6.07, 6.45) is -0.587. The van der Waals surface area contributed by atoms with E-state index in [1.165, 1.54) is 24.3 Å². The van der Waals surface area contributed by atoms with Crippen molar-refractivity contribution >= 4 is 35.8 Å². The molecule has 0 saturated carbocycles. The van der Waals surface area contributed by atoms with Crippen LogP contribution in [-0.4, -0.2) is 17.7 Å². The van der Waals surface area contributed by atoms with E-state index in [4.69, 9.17) is 4.74 Å². The summed E-state index contributed by atoms with van der Waals surface area (Å²) in [6.45, 7) is 2.80. The van der Waals surface area contributed by atoms with Crippen LogP contribution in [0.2, 0.25) is 0 Å². The second-order valence-corrected chi connectivity index (χ2v) is 6.40. The average Bonchev–Trinajstić information content (AvgIpc) is 2.74. The fourth-order valence-corrected chi connectivity index (χ4v) is 2.65.